The molecule has 8 heteroatoms. The Kier molecular flexibility index (Phi) is 7.40. The smallest absolute Gasteiger partial charge is 0.346 e. The van der Waals surface area contributed by atoms with Crippen molar-refractivity contribution in [2.45, 2.75) is 31.0 Å². The number of carbonyl (C=O) groups is 1. The van der Waals surface area contributed by atoms with Gasteiger partial charge >= 0.3 is 5.97 Å². The van der Waals surface area contributed by atoms with Crippen molar-refractivity contribution in [3.05, 3.63) is 33.8 Å². The number of carboxylic acid groups (broad SMARTS) is 1. The molecule has 1 aliphatic heterocycles. The summed E-state index contributed by atoms with van der Waals surface area (Å²) < 4.78 is 17.5. The Morgan fingerprint density at radius 3 is 2.56 bits per heavy atom. The van der Waals surface area contributed by atoms with E-state index in [1.807, 2.05) is 6.26 Å². The molecule has 0 saturated carbocycles. The molecule has 1 N–H and O–H groups in total. The standard InChI is InChI=1S/C17H23Cl2FN2O2S/c1-21(25-2)13-5-8-22(9-6-13)10-7-17(20,16(23)24)12-3-4-14(18)15(19)11-12/h3-4,11,13H,5-10H2,1-2H3,(H,23,24). The molecule has 1 aliphatic rings. The first-order valence-electron chi connectivity index (χ1n) is 8.15. The maximum Gasteiger partial charge on any atom is 0.346 e. The summed E-state index contributed by atoms with van der Waals surface area (Å²) in [6.45, 7) is 2.07. The molecule has 25 heavy (non-hydrogen) atoms. The molecular formula is C17H23Cl2FN2O2S. The first-order chi connectivity index (χ1) is 11.8. The Morgan fingerprint density at radius 1 is 1.40 bits per heavy atom. The molecule has 140 valence electrons. The van der Waals surface area contributed by atoms with E-state index in [0.29, 0.717) is 12.6 Å². The highest BCUT2D eigenvalue weighted by Gasteiger charge is 2.41. The van der Waals surface area contributed by atoms with Crippen molar-refractivity contribution >= 4 is 41.1 Å². The number of alkyl halides is 1. The molecule has 1 atom stereocenters. The summed E-state index contributed by atoms with van der Waals surface area (Å²) in [5, 5.41) is 9.88. The Bertz CT molecular complexity index is 614. The molecule has 1 fully saturated rings. The van der Waals surface area contributed by atoms with Crippen LogP contribution in [0.5, 0.6) is 0 Å². The van der Waals surface area contributed by atoms with Crippen LogP contribution in [0.3, 0.4) is 0 Å². The third-order valence-electron chi connectivity index (χ3n) is 4.85. The van der Waals surface area contributed by atoms with Crippen LogP contribution in [0.15, 0.2) is 18.2 Å². The van der Waals surface area contributed by atoms with Crippen LogP contribution >= 0.6 is 35.1 Å². The fourth-order valence-electron chi connectivity index (χ4n) is 3.09. The zero-order valence-corrected chi connectivity index (χ0v) is 16.7. The van der Waals surface area contributed by atoms with Crippen LogP contribution in [0.4, 0.5) is 4.39 Å². The van der Waals surface area contributed by atoms with E-state index in [2.05, 4.69) is 16.3 Å². The van der Waals surface area contributed by atoms with Gasteiger partial charge in [0.05, 0.1) is 10.0 Å². The molecule has 1 heterocycles. The Morgan fingerprint density at radius 2 is 2.04 bits per heavy atom. The summed E-state index contributed by atoms with van der Waals surface area (Å²) >= 11 is 13.5. The molecule has 0 amide bonds. The van der Waals surface area contributed by atoms with Crippen molar-refractivity contribution < 1.29 is 14.3 Å². The van der Waals surface area contributed by atoms with Gasteiger partial charge in [0.1, 0.15) is 0 Å². The van der Waals surface area contributed by atoms with Gasteiger partial charge in [-0.1, -0.05) is 41.2 Å². The quantitative estimate of drug-likeness (QED) is 0.680. The highest BCUT2D eigenvalue weighted by atomic mass is 35.5. The summed E-state index contributed by atoms with van der Waals surface area (Å²) in [5.74, 6) is -1.50. The zero-order valence-electron chi connectivity index (χ0n) is 14.3. The monoisotopic (exact) mass is 408 g/mol. The SMILES string of the molecule is CSN(C)C1CCN(CCC(F)(C(=O)O)c2ccc(Cl)c(Cl)c2)CC1. The molecular weight excluding hydrogens is 386 g/mol. The number of benzene rings is 1. The average Bonchev–Trinajstić information content (AvgIpc) is 2.61. The van der Waals surface area contributed by atoms with Gasteiger partial charge < -0.3 is 10.0 Å². The number of aliphatic carboxylic acids is 1. The normalized spacial score (nSPS) is 19.1. The molecule has 1 aromatic carbocycles. The van der Waals surface area contributed by atoms with Crippen LogP contribution in [-0.4, -0.2) is 59.3 Å². The molecule has 1 saturated heterocycles. The Hall–Kier alpha value is -0.530. The van der Waals surface area contributed by atoms with E-state index in [1.54, 1.807) is 11.9 Å². The molecule has 1 aromatic rings. The maximum absolute atomic E-state index is 15.2. The number of carboxylic acids is 1. The lowest BCUT2D eigenvalue weighted by Gasteiger charge is -2.36. The molecule has 0 aliphatic carbocycles. The summed E-state index contributed by atoms with van der Waals surface area (Å²) in [6, 6.07) is 4.64. The fraction of sp³-hybridized carbons (Fsp3) is 0.588. The molecule has 2 rings (SSSR count). The lowest BCUT2D eigenvalue weighted by Crippen LogP contribution is -2.43. The van der Waals surface area contributed by atoms with Crippen molar-refractivity contribution in [3.8, 4) is 0 Å². The van der Waals surface area contributed by atoms with Gasteiger partial charge in [-0.2, -0.15) is 0 Å². The number of nitrogens with zero attached hydrogens (tertiary/aromatic N) is 2. The zero-order chi connectivity index (χ0) is 18.6. The summed E-state index contributed by atoms with van der Waals surface area (Å²) in [6.07, 6.45) is 3.92. The van der Waals surface area contributed by atoms with Crippen LogP contribution in [0.1, 0.15) is 24.8 Å². The average molecular weight is 409 g/mol. The predicted octanol–water partition coefficient (Wildman–Crippen LogP) is 4.31. The number of halogens is 3. The first-order valence-corrected chi connectivity index (χ1v) is 10.1. The molecule has 1 unspecified atom stereocenters. The van der Waals surface area contributed by atoms with Gasteiger partial charge in [0.2, 0.25) is 5.67 Å². The van der Waals surface area contributed by atoms with Crippen molar-refractivity contribution in [2.24, 2.45) is 0 Å². The predicted molar refractivity (Wildman–Crippen MR) is 102 cm³/mol. The van der Waals surface area contributed by atoms with Gasteiger partial charge in [-0.3, -0.25) is 4.31 Å². The first kappa shape index (κ1) is 20.8. The second-order valence-corrected chi connectivity index (χ2v) is 8.04. The molecule has 0 aromatic heterocycles. The summed E-state index contributed by atoms with van der Waals surface area (Å²) in [5.41, 5.74) is -2.44. The third kappa shape index (κ3) is 5.01. The van der Waals surface area contributed by atoms with E-state index in [0.717, 1.165) is 25.9 Å². The fourth-order valence-corrected chi connectivity index (χ4v) is 3.89. The van der Waals surface area contributed by atoms with E-state index in [9.17, 15) is 9.90 Å². The van der Waals surface area contributed by atoms with Crippen LogP contribution in [0.25, 0.3) is 0 Å². The van der Waals surface area contributed by atoms with Gasteiger partial charge in [-0.25, -0.2) is 9.18 Å². The number of likely N-dealkylation sites (tertiary alicyclic amines) is 1. The van der Waals surface area contributed by atoms with E-state index < -0.39 is 11.6 Å². The number of rotatable bonds is 7. The highest BCUT2D eigenvalue weighted by molar-refractivity contribution is 7.96. The van der Waals surface area contributed by atoms with E-state index >= 15 is 4.39 Å². The topological polar surface area (TPSA) is 43.8 Å². The van der Waals surface area contributed by atoms with Gasteiger partial charge in [0.15, 0.2) is 0 Å². The minimum Gasteiger partial charge on any atom is -0.479 e. The van der Waals surface area contributed by atoms with E-state index in [4.69, 9.17) is 23.2 Å². The van der Waals surface area contributed by atoms with Gasteiger partial charge in [-0.15, -0.1) is 0 Å². The lowest BCUT2D eigenvalue weighted by atomic mass is 9.91. The van der Waals surface area contributed by atoms with E-state index in [-0.39, 0.29) is 22.0 Å². The van der Waals surface area contributed by atoms with Gasteiger partial charge in [0, 0.05) is 24.6 Å². The third-order valence-corrected chi connectivity index (χ3v) is 6.46. The van der Waals surface area contributed by atoms with Gasteiger partial charge in [0.25, 0.3) is 0 Å². The number of hydrogen-bond acceptors (Lipinski definition) is 4. The van der Waals surface area contributed by atoms with Crippen molar-refractivity contribution in [2.75, 3.05) is 32.9 Å². The molecule has 0 radical (unpaired) electrons. The Labute approximate surface area is 162 Å². The van der Waals surface area contributed by atoms with Crippen LogP contribution in [0, 0.1) is 0 Å². The lowest BCUT2D eigenvalue weighted by molar-refractivity contribution is -0.152. The highest BCUT2D eigenvalue weighted by Crippen LogP contribution is 2.35. The van der Waals surface area contributed by atoms with Crippen LogP contribution in [0.2, 0.25) is 10.0 Å². The minimum atomic E-state index is -2.47. The van der Waals surface area contributed by atoms with Gasteiger partial charge in [-0.05, 0) is 51.4 Å². The summed E-state index contributed by atoms with van der Waals surface area (Å²) in [7, 11) is 2.08. The van der Waals surface area contributed by atoms with Crippen molar-refractivity contribution in [3.63, 3.8) is 0 Å². The Balaban J connectivity index is 2.01. The summed E-state index contributed by atoms with van der Waals surface area (Å²) in [4.78, 5) is 13.7. The second-order valence-electron chi connectivity index (χ2n) is 6.29. The minimum absolute atomic E-state index is 0.0337. The van der Waals surface area contributed by atoms with Crippen LogP contribution in [-0.2, 0) is 10.5 Å². The van der Waals surface area contributed by atoms with E-state index in [1.165, 1.54) is 18.2 Å². The number of hydrogen-bond donors (Lipinski definition) is 1. The number of piperidine rings is 1. The largest absolute Gasteiger partial charge is 0.479 e. The second kappa shape index (κ2) is 8.91. The molecule has 0 spiro atoms. The van der Waals surface area contributed by atoms with Crippen LogP contribution < -0.4 is 0 Å². The molecule has 4 nitrogen and oxygen atoms in total. The van der Waals surface area contributed by atoms with Crippen molar-refractivity contribution in [1.82, 2.24) is 9.21 Å². The molecule has 0 bridgehead atoms. The maximum atomic E-state index is 15.2. The van der Waals surface area contributed by atoms with Crippen molar-refractivity contribution in [1.29, 1.82) is 0 Å².